The fraction of sp³-hybridized carbons (Fsp3) is 0.100. The first-order valence-electron chi connectivity index (χ1n) is 7.52. The van der Waals surface area contributed by atoms with Gasteiger partial charge in [-0.25, -0.2) is 0 Å². The topological polar surface area (TPSA) is 41.9 Å². The third kappa shape index (κ3) is 3.21. The van der Waals surface area contributed by atoms with Crippen LogP contribution in [0, 0.1) is 12.3 Å². The first-order chi connectivity index (χ1) is 11.7. The Hall–Kier alpha value is -3.32. The quantitative estimate of drug-likeness (QED) is 0.640. The molecule has 1 aliphatic rings. The lowest BCUT2D eigenvalue weighted by atomic mass is 10.1. The Balaban J connectivity index is 1.82. The van der Waals surface area contributed by atoms with Gasteiger partial charge >= 0.3 is 0 Å². The summed E-state index contributed by atoms with van der Waals surface area (Å²) < 4.78 is 5.34. The van der Waals surface area contributed by atoms with Crippen molar-refractivity contribution in [2.45, 2.75) is 6.92 Å². The number of amides is 1. The number of hydrogen-bond donors (Lipinski definition) is 0. The van der Waals surface area contributed by atoms with Crippen molar-refractivity contribution < 1.29 is 9.53 Å². The summed E-state index contributed by atoms with van der Waals surface area (Å²) in [6.07, 6.45) is 7.00. The predicted molar refractivity (Wildman–Crippen MR) is 95.8 cm³/mol. The maximum Gasteiger partial charge on any atom is 0.280 e. The van der Waals surface area contributed by atoms with Crippen molar-refractivity contribution in [3.63, 3.8) is 0 Å². The second kappa shape index (κ2) is 6.84. The lowest BCUT2D eigenvalue weighted by molar-refractivity contribution is -0.114. The Morgan fingerprint density at radius 2 is 1.88 bits per heavy atom. The Bertz CT molecular complexity index is 843. The molecule has 0 aromatic heterocycles. The molecule has 2 aromatic carbocycles. The zero-order valence-corrected chi connectivity index (χ0v) is 13.3. The van der Waals surface area contributed by atoms with E-state index in [1.54, 1.807) is 0 Å². The van der Waals surface area contributed by atoms with Gasteiger partial charge in [-0.3, -0.25) is 4.79 Å². The van der Waals surface area contributed by atoms with E-state index in [2.05, 4.69) is 11.0 Å². The maximum absolute atomic E-state index is 12.6. The van der Waals surface area contributed by atoms with Gasteiger partial charge in [-0.05, 0) is 42.8 Å². The molecule has 3 rings (SSSR count). The number of para-hydroxylation sites is 1. The molecule has 0 fully saturated rings. The van der Waals surface area contributed by atoms with E-state index >= 15 is 0 Å². The summed E-state index contributed by atoms with van der Waals surface area (Å²) in [5, 5.41) is 5.78. The molecule has 118 valence electrons. The van der Waals surface area contributed by atoms with Crippen LogP contribution >= 0.6 is 0 Å². The van der Waals surface area contributed by atoms with Crippen molar-refractivity contribution in [2.75, 3.05) is 11.6 Å². The first-order valence-corrected chi connectivity index (χ1v) is 7.52. The van der Waals surface area contributed by atoms with E-state index in [4.69, 9.17) is 11.2 Å². The minimum absolute atomic E-state index is 0.133. The van der Waals surface area contributed by atoms with E-state index in [0.29, 0.717) is 17.0 Å². The maximum atomic E-state index is 12.6. The Kier molecular flexibility index (Phi) is 4.44. The first kappa shape index (κ1) is 15.6. The smallest absolute Gasteiger partial charge is 0.280 e. The van der Waals surface area contributed by atoms with Crippen LogP contribution in [0.5, 0.6) is 5.75 Å². The van der Waals surface area contributed by atoms with Crippen molar-refractivity contribution in [3.8, 4) is 18.1 Å². The fourth-order valence-electron chi connectivity index (χ4n) is 2.38. The number of ether oxygens (including phenoxy) is 1. The summed E-state index contributed by atoms with van der Waals surface area (Å²) >= 11 is 0. The molecule has 24 heavy (non-hydrogen) atoms. The molecule has 0 spiro atoms. The predicted octanol–water partition coefficient (Wildman–Crippen LogP) is 3.50. The van der Waals surface area contributed by atoms with Gasteiger partial charge in [0.2, 0.25) is 0 Å². The minimum atomic E-state index is -0.133. The molecule has 4 heteroatoms. The molecule has 0 saturated carbocycles. The highest BCUT2D eigenvalue weighted by molar-refractivity contribution is 6.32. The lowest BCUT2D eigenvalue weighted by Gasteiger charge is -2.11. The van der Waals surface area contributed by atoms with Crippen LogP contribution in [0.2, 0.25) is 0 Å². The molecule has 0 bridgehead atoms. The molecule has 4 nitrogen and oxygen atoms in total. The summed E-state index contributed by atoms with van der Waals surface area (Å²) in [5.41, 5.74) is 2.92. The molecule has 0 saturated heterocycles. The number of anilines is 1. The summed E-state index contributed by atoms with van der Waals surface area (Å²) in [4.78, 5) is 12.6. The van der Waals surface area contributed by atoms with Crippen LogP contribution < -0.4 is 9.75 Å². The number of nitrogens with zero attached hydrogens (tertiary/aromatic N) is 2. The summed E-state index contributed by atoms with van der Waals surface area (Å²) in [7, 11) is 0. The van der Waals surface area contributed by atoms with Gasteiger partial charge in [-0.1, -0.05) is 36.3 Å². The Labute approximate surface area is 141 Å². The number of hydrogen-bond acceptors (Lipinski definition) is 3. The number of benzene rings is 2. The van der Waals surface area contributed by atoms with Crippen molar-refractivity contribution in [1.29, 1.82) is 0 Å². The monoisotopic (exact) mass is 316 g/mol. The van der Waals surface area contributed by atoms with Gasteiger partial charge in [0, 0.05) is 0 Å². The Morgan fingerprint density at radius 1 is 1.17 bits per heavy atom. The highest BCUT2D eigenvalue weighted by Crippen LogP contribution is 2.25. The van der Waals surface area contributed by atoms with E-state index in [0.717, 1.165) is 11.3 Å². The zero-order valence-electron chi connectivity index (χ0n) is 13.3. The lowest BCUT2D eigenvalue weighted by Crippen LogP contribution is -2.21. The van der Waals surface area contributed by atoms with Gasteiger partial charge in [-0.2, -0.15) is 10.1 Å². The molecular formula is C20H16N2O2. The molecule has 0 atom stereocenters. The highest BCUT2D eigenvalue weighted by Gasteiger charge is 2.28. The third-order valence-corrected chi connectivity index (χ3v) is 3.58. The molecule has 0 N–H and O–H groups in total. The SMILES string of the molecule is C#CCOc1ccc(/C=C2/C(=O)N(c3ccccc3)N=C2C)cc1. The summed E-state index contributed by atoms with van der Waals surface area (Å²) in [5.74, 6) is 2.99. The van der Waals surface area contributed by atoms with E-state index in [9.17, 15) is 4.79 Å². The normalized spacial score (nSPS) is 15.3. The molecule has 1 amide bonds. The third-order valence-electron chi connectivity index (χ3n) is 3.58. The number of rotatable bonds is 4. The Morgan fingerprint density at radius 3 is 2.54 bits per heavy atom. The van der Waals surface area contributed by atoms with Gasteiger partial charge < -0.3 is 4.74 Å². The molecule has 1 aliphatic heterocycles. The number of carbonyl (C=O) groups is 1. The van der Waals surface area contributed by atoms with Crippen LogP contribution in [0.3, 0.4) is 0 Å². The van der Waals surface area contributed by atoms with E-state index in [-0.39, 0.29) is 12.5 Å². The number of carbonyl (C=O) groups excluding carboxylic acids is 1. The highest BCUT2D eigenvalue weighted by atomic mass is 16.5. The fourth-order valence-corrected chi connectivity index (χ4v) is 2.38. The largest absolute Gasteiger partial charge is 0.481 e. The zero-order chi connectivity index (χ0) is 16.9. The second-order valence-corrected chi connectivity index (χ2v) is 5.26. The molecule has 0 radical (unpaired) electrons. The molecule has 0 unspecified atom stereocenters. The van der Waals surface area contributed by atoms with Crippen molar-refractivity contribution in [2.24, 2.45) is 5.10 Å². The van der Waals surface area contributed by atoms with E-state index < -0.39 is 0 Å². The van der Waals surface area contributed by atoms with E-state index in [1.165, 1.54) is 5.01 Å². The molecule has 1 heterocycles. The molecule has 2 aromatic rings. The molecule has 0 aliphatic carbocycles. The van der Waals surface area contributed by atoms with Gasteiger partial charge in [0.1, 0.15) is 12.4 Å². The second-order valence-electron chi connectivity index (χ2n) is 5.26. The van der Waals surface area contributed by atoms with Gasteiger partial charge in [0.15, 0.2) is 0 Å². The van der Waals surface area contributed by atoms with Crippen molar-refractivity contribution >= 4 is 23.4 Å². The van der Waals surface area contributed by atoms with E-state index in [1.807, 2.05) is 67.6 Å². The van der Waals surface area contributed by atoms with Crippen LogP contribution in [0.1, 0.15) is 12.5 Å². The summed E-state index contributed by atoms with van der Waals surface area (Å²) in [6.45, 7) is 2.06. The van der Waals surface area contributed by atoms with Crippen molar-refractivity contribution in [3.05, 3.63) is 65.7 Å². The van der Waals surface area contributed by atoms with Gasteiger partial charge in [-0.15, -0.1) is 6.42 Å². The van der Waals surface area contributed by atoms with Gasteiger partial charge in [0.25, 0.3) is 5.91 Å². The average molecular weight is 316 g/mol. The number of terminal acetylenes is 1. The van der Waals surface area contributed by atoms with Gasteiger partial charge in [0.05, 0.1) is 17.0 Å². The van der Waals surface area contributed by atoms with Crippen LogP contribution in [0.15, 0.2) is 65.3 Å². The number of hydrazone groups is 1. The minimum Gasteiger partial charge on any atom is -0.481 e. The van der Waals surface area contributed by atoms with Crippen LogP contribution in [-0.2, 0) is 4.79 Å². The van der Waals surface area contributed by atoms with Crippen LogP contribution in [-0.4, -0.2) is 18.2 Å². The summed E-state index contributed by atoms with van der Waals surface area (Å²) in [6, 6.07) is 16.8. The average Bonchev–Trinajstić information content (AvgIpc) is 2.90. The van der Waals surface area contributed by atoms with Crippen molar-refractivity contribution in [1.82, 2.24) is 0 Å². The molecular weight excluding hydrogens is 300 g/mol. The van der Waals surface area contributed by atoms with Crippen LogP contribution in [0.25, 0.3) is 6.08 Å². The standard InChI is InChI=1S/C20H16N2O2/c1-3-13-24-18-11-9-16(10-12-18)14-19-15(2)21-22(20(19)23)17-7-5-4-6-8-17/h1,4-12,14H,13H2,2H3/b19-14+. The van der Waals surface area contributed by atoms with Crippen LogP contribution in [0.4, 0.5) is 5.69 Å².